The summed E-state index contributed by atoms with van der Waals surface area (Å²) in [6.45, 7) is 2.45. The van der Waals surface area contributed by atoms with Crippen molar-refractivity contribution in [1.29, 1.82) is 5.26 Å². The molecule has 6 heteroatoms. The lowest BCUT2D eigenvalue weighted by atomic mass is 10.1. The maximum Gasteiger partial charge on any atom is 0.261 e. The number of nitrogens with zero attached hydrogens (tertiary/aromatic N) is 3. The van der Waals surface area contributed by atoms with E-state index in [0.717, 1.165) is 27.2 Å². The molecule has 0 unspecified atom stereocenters. The molecule has 0 N–H and O–H groups in total. The number of hydrogen-bond acceptors (Lipinski definition) is 4. The third kappa shape index (κ3) is 3.28. The molecular formula is C25H17N3OS2. The quantitative estimate of drug-likeness (QED) is 0.327. The van der Waals surface area contributed by atoms with Crippen molar-refractivity contribution < 1.29 is 0 Å². The Bertz CT molecular complexity index is 1600. The molecule has 5 rings (SSSR count). The highest BCUT2D eigenvalue weighted by Crippen LogP contribution is 2.33. The highest BCUT2D eigenvalue weighted by atomic mass is 32.1. The summed E-state index contributed by atoms with van der Waals surface area (Å²) in [4.78, 5) is 14.6. The second kappa shape index (κ2) is 7.62. The first-order valence-electron chi connectivity index (χ1n) is 9.80. The summed E-state index contributed by atoms with van der Waals surface area (Å²) in [7, 11) is 0. The Balaban J connectivity index is 1.86. The van der Waals surface area contributed by atoms with Gasteiger partial charge < -0.3 is 0 Å². The normalized spacial score (nSPS) is 11.1. The number of rotatable bonds is 3. The molecule has 0 aliphatic carbocycles. The van der Waals surface area contributed by atoms with Crippen molar-refractivity contribution in [2.24, 2.45) is 0 Å². The SMILES string of the molecule is Cc1ccc(-c2sc(=S)n3c4ccccc4c(=O)n(Cc4ccc(C#N)cc4)c23)cc1. The van der Waals surface area contributed by atoms with E-state index in [0.29, 0.717) is 21.4 Å². The van der Waals surface area contributed by atoms with E-state index in [1.165, 1.54) is 16.9 Å². The van der Waals surface area contributed by atoms with Gasteiger partial charge in [-0.05, 0) is 54.5 Å². The molecule has 2 heterocycles. The topological polar surface area (TPSA) is 50.2 Å². The summed E-state index contributed by atoms with van der Waals surface area (Å²) >= 11 is 7.27. The molecule has 0 amide bonds. The van der Waals surface area contributed by atoms with Crippen LogP contribution in [0.3, 0.4) is 0 Å². The molecule has 0 spiro atoms. The minimum atomic E-state index is -0.0545. The van der Waals surface area contributed by atoms with Gasteiger partial charge in [-0.3, -0.25) is 13.8 Å². The smallest absolute Gasteiger partial charge is 0.261 e. The van der Waals surface area contributed by atoms with Crippen LogP contribution in [0.4, 0.5) is 0 Å². The molecule has 0 atom stereocenters. The Morgan fingerprint density at radius 1 is 1.00 bits per heavy atom. The highest BCUT2D eigenvalue weighted by Gasteiger charge is 2.18. The molecule has 0 saturated carbocycles. The Hall–Kier alpha value is -3.53. The van der Waals surface area contributed by atoms with Crippen molar-refractivity contribution in [3.63, 3.8) is 0 Å². The number of nitriles is 1. The van der Waals surface area contributed by atoms with Crippen LogP contribution in [0.2, 0.25) is 0 Å². The zero-order valence-electron chi connectivity index (χ0n) is 16.7. The first-order chi connectivity index (χ1) is 15.1. The summed E-state index contributed by atoms with van der Waals surface area (Å²) in [6, 6.07) is 25.3. The van der Waals surface area contributed by atoms with Crippen LogP contribution in [0.25, 0.3) is 27.0 Å². The van der Waals surface area contributed by atoms with E-state index in [4.69, 9.17) is 17.5 Å². The Kier molecular flexibility index (Phi) is 4.78. The lowest BCUT2D eigenvalue weighted by Crippen LogP contribution is -2.23. The fraction of sp³-hybridized carbons (Fsp3) is 0.0800. The number of aromatic nitrogens is 2. The van der Waals surface area contributed by atoms with Crippen molar-refractivity contribution in [3.8, 4) is 16.5 Å². The van der Waals surface area contributed by atoms with E-state index in [-0.39, 0.29) is 5.56 Å². The third-order valence-electron chi connectivity index (χ3n) is 5.40. The standard InChI is InChI=1S/C25H17N3OS2/c1-16-6-12-19(13-7-16)22-23-27(15-18-10-8-17(14-26)9-11-18)24(29)20-4-2-3-5-21(20)28(23)25(30)31-22/h2-13H,15H2,1H3. The van der Waals surface area contributed by atoms with Crippen molar-refractivity contribution in [2.45, 2.75) is 13.5 Å². The molecule has 150 valence electrons. The van der Waals surface area contributed by atoms with E-state index in [2.05, 4.69) is 37.3 Å². The van der Waals surface area contributed by atoms with Gasteiger partial charge >= 0.3 is 0 Å². The van der Waals surface area contributed by atoms with Gasteiger partial charge in [-0.25, -0.2) is 0 Å². The van der Waals surface area contributed by atoms with Gasteiger partial charge in [0.25, 0.3) is 5.56 Å². The zero-order valence-corrected chi connectivity index (χ0v) is 18.3. The molecular weight excluding hydrogens is 422 g/mol. The summed E-state index contributed by atoms with van der Waals surface area (Å²) in [5.41, 5.74) is 5.32. The molecule has 2 aromatic heterocycles. The summed E-state index contributed by atoms with van der Waals surface area (Å²) in [5.74, 6) is 0. The van der Waals surface area contributed by atoms with Crippen LogP contribution in [-0.2, 0) is 6.54 Å². The maximum absolute atomic E-state index is 13.6. The predicted molar refractivity (Wildman–Crippen MR) is 128 cm³/mol. The zero-order chi connectivity index (χ0) is 21.5. The average molecular weight is 440 g/mol. The lowest BCUT2D eigenvalue weighted by molar-refractivity contribution is 0.780. The number of hydrogen-bond donors (Lipinski definition) is 0. The van der Waals surface area contributed by atoms with Crippen molar-refractivity contribution in [2.75, 3.05) is 0 Å². The van der Waals surface area contributed by atoms with Crippen molar-refractivity contribution in [1.82, 2.24) is 8.97 Å². The van der Waals surface area contributed by atoms with Crippen LogP contribution >= 0.6 is 23.6 Å². The Morgan fingerprint density at radius 2 is 1.71 bits per heavy atom. The summed E-state index contributed by atoms with van der Waals surface area (Å²) < 4.78 is 4.51. The van der Waals surface area contributed by atoms with Gasteiger partial charge in [-0.15, -0.1) is 11.3 Å². The molecule has 0 aliphatic heterocycles. The Morgan fingerprint density at radius 3 is 2.42 bits per heavy atom. The minimum absolute atomic E-state index is 0.0545. The number of benzene rings is 3. The van der Waals surface area contributed by atoms with Crippen molar-refractivity contribution in [3.05, 3.63) is 104 Å². The number of fused-ring (bicyclic) bond motifs is 3. The minimum Gasteiger partial charge on any atom is -0.288 e. The number of para-hydroxylation sites is 1. The Labute approximate surface area is 187 Å². The van der Waals surface area contributed by atoms with E-state index < -0.39 is 0 Å². The van der Waals surface area contributed by atoms with Gasteiger partial charge in [0, 0.05) is 0 Å². The monoisotopic (exact) mass is 439 g/mol. The van der Waals surface area contributed by atoms with E-state index in [9.17, 15) is 4.79 Å². The molecule has 0 radical (unpaired) electrons. The van der Waals surface area contributed by atoms with Gasteiger partial charge in [-0.1, -0.05) is 54.1 Å². The second-order valence-corrected chi connectivity index (χ2v) is 9.08. The highest BCUT2D eigenvalue weighted by molar-refractivity contribution is 7.73. The van der Waals surface area contributed by atoms with Gasteiger partial charge in [0.15, 0.2) is 3.95 Å². The van der Waals surface area contributed by atoms with Crippen LogP contribution in [-0.4, -0.2) is 8.97 Å². The first kappa shape index (κ1) is 19.4. The molecule has 0 aliphatic rings. The lowest BCUT2D eigenvalue weighted by Gasteiger charge is -2.13. The second-order valence-electron chi connectivity index (χ2n) is 7.44. The average Bonchev–Trinajstić information content (AvgIpc) is 3.14. The molecule has 31 heavy (non-hydrogen) atoms. The van der Waals surface area contributed by atoms with E-state index in [1.54, 1.807) is 16.7 Å². The molecule has 0 saturated heterocycles. The van der Waals surface area contributed by atoms with Crippen LogP contribution in [0.5, 0.6) is 0 Å². The fourth-order valence-electron chi connectivity index (χ4n) is 3.82. The molecule has 0 fully saturated rings. The van der Waals surface area contributed by atoms with Crippen molar-refractivity contribution >= 4 is 40.1 Å². The third-order valence-corrected chi connectivity index (χ3v) is 6.81. The van der Waals surface area contributed by atoms with Gasteiger partial charge in [0.05, 0.1) is 34.0 Å². The van der Waals surface area contributed by atoms with Crippen LogP contribution in [0.1, 0.15) is 16.7 Å². The van der Waals surface area contributed by atoms with Crippen LogP contribution in [0, 0.1) is 22.2 Å². The predicted octanol–water partition coefficient (Wildman–Crippen LogP) is 5.94. The van der Waals surface area contributed by atoms with Crippen LogP contribution < -0.4 is 5.56 Å². The summed E-state index contributed by atoms with van der Waals surface area (Å²) in [6.07, 6.45) is 0. The number of thiazole rings is 1. The number of aryl methyl sites for hydroxylation is 1. The molecule has 0 bridgehead atoms. The van der Waals surface area contributed by atoms with Gasteiger partial charge in [-0.2, -0.15) is 5.26 Å². The van der Waals surface area contributed by atoms with Crippen LogP contribution in [0.15, 0.2) is 77.6 Å². The summed E-state index contributed by atoms with van der Waals surface area (Å²) in [5, 5.41) is 9.72. The maximum atomic E-state index is 13.6. The van der Waals surface area contributed by atoms with E-state index in [1.807, 2.05) is 40.8 Å². The first-order valence-corrected chi connectivity index (χ1v) is 11.0. The van der Waals surface area contributed by atoms with E-state index >= 15 is 0 Å². The molecule has 3 aromatic carbocycles. The van der Waals surface area contributed by atoms with Gasteiger partial charge in [0.2, 0.25) is 0 Å². The largest absolute Gasteiger partial charge is 0.288 e. The fourth-order valence-corrected chi connectivity index (χ4v) is 5.25. The van der Waals surface area contributed by atoms with Gasteiger partial charge in [0.1, 0.15) is 5.65 Å². The molecule has 5 aromatic rings. The molecule has 4 nitrogen and oxygen atoms in total.